The molecule has 0 aliphatic carbocycles. The molecule has 0 spiro atoms. The number of carbonyl (C=O) groups is 1. The summed E-state index contributed by atoms with van der Waals surface area (Å²) in [6, 6.07) is 0. The van der Waals surface area contributed by atoms with E-state index >= 15 is 0 Å². The Hall–Kier alpha value is -0.570. The number of hydrogen-bond acceptors (Lipinski definition) is 3. The average Bonchev–Trinajstić information content (AvgIpc) is 1.98. The van der Waals surface area contributed by atoms with E-state index in [-0.39, 0.29) is 24.6 Å². The molecule has 0 heterocycles. The Morgan fingerprint density at radius 3 is 2.46 bits per heavy atom. The third kappa shape index (κ3) is 9.34. The van der Waals surface area contributed by atoms with Crippen molar-refractivity contribution in [3.8, 4) is 0 Å². The van der Waals surface area contributed by atoms with Crippen molar-refractivity contribution in [1.29, 1.82) is 0 Å². The maximum absolute atomic E-state index is 11.0. The topological polar surface area (TPSA) is 46.5 Å². The molecular weight excluding hydrogens is 168 g/mol. The van der Waals surface area contributed by atoms with Crippen molar-refractivity contribution >= 4 is 5.97 Å². The maximum Gasteiger partial charge on any atom is 0.305 e. The van der Waals surface area contributed by atoms with Gasteiger partial charge in [0.15, 0.2) is 0 Å². The van der Waals surface area contributed by atoms with Crippen LogP contribution in [-0.4, -0.2) is 24.3 Å². The Balaban J connectivity index is 3.37. The van der Waals surface area contributed by atoms with E-state index in [2.05, 4.69) is 20.8 Å². The van der Waals surface area contributed by atoms with E-state index in [9.17, 15) is 4.79 Å². The maximum atomic E-state index is 11.0. The number of rotatable bonds is 5. The van der Waals surface area contributed by atoms with Gasteiger partial charge in [0.05, 0.1) is 6.61 Å². The zero-order chi connectivity index (χ0) is 10.3. The Labute approximate surface area is 80.1 Å². The van der Waals surface area contributed by atoms with Gasteiger partial charge >= 0.3 is 5.97 Å². The molecule has 0 unspecified atom stereocenters. The van der Waals surface area contributed by atoms with Crippen LogP contribution in [0.5, 0.6) is 0 Å². The minimum atomic E-state index is -0.210. The summed E-state index contributed by atoms with van der Waals surface area (Å²) in [4.78, 5) is 11.0. The first-order valence-electron chi connectivity index (χ1n) is 4.72. The van der Waals surface area contributed by atoms with Crippen LogP contribution in [0.15, 0.2) is 0 Å². The molecule has 13 heavy (non-hydrogen) atoms. The fourth-order valence-corrected chi connectivity index (χ4v) is 0.995. The lowest BCUT2D eigenvalue weighted by Gasteiger charge is -2.16. The van der Waals surface area contributed by atoms with E-state index in [4.69, 9.17) is 9.84 Å². The van der Waals surface area contributed by atoms with Crippen molar-refractivity contribution in [1.82, 2.24) is 0 Å². The smallest absolute Gasteiger partial charge is 0.305 e. The van der Waals surface area contributed by atoms with Gasteiger partial charge in [-0.05, 0) is 18.3 Å². The van der Waals surface area contributed by atoms with Crippen LogP contribution in [0.4, 0.5) is 0 Å². The number of aliphatic hydroxyl groups excluding tert-OH is 1. The monoisotopic (exact) mass is 188 g/mol. The van der Waals surface area contributed by atoms with E-state index in [0.29, 0.717) is 6.42 Å². The highest BCUT2D eigenvalue weighted by molar-refractivity contribution is 5.69. The van der Waals surface area contributed by atoms with Crippen LogP contribution in [0, 0.1) is 5.41 Å². The van der Waals surface area contributed by atoms with Gasteiger partial charge < -0.3 is 9.84 Å². The van der Waals surface area contributed by atoms with Crippen LogP contribution in [0.2, 0.25) is 0 Å². The lowest BCUT2D eigenvalue weighted by atomic mass is 9.90. The summed E-state index contributed by atoms with van der Waals surface area (Å²) in [5.41, 5.74) is 0.275. The summed E-state index contributed by atoms with van der Waals surface area (Å²) in [6.45, 7) is 6.46. The standard InChI is InChI=1S/C10H20O3/c1-10(2,3)6-4-5-9(12)13-8-7-11/h11H,4-8H2,1-3H3. The molecule has 0 atom stereocenters. The first-order valence-corrected chi connectivity index (χ1v) is 4.72. The van der Waals surface area contributed by atoms with E-state index in [1.165, 1.54) is 0 Å². The highest BCUT2D eigenvalue weighted by Gasteiger charge is 2.11. The molecule has 3 nitrogen and oxygen atoms in total. The summed E-state index contributed by atoms with van der Waals surface area (Å²) < 4.78 is 4.72. The fraction of sp³-hybridized carbons (Fsp3) is 0.900. The SMILES string of the molecule is CC(C)(C)CCCC(=O)OCCO. The number of hydrogen-bond donors (Lipinski definition) is 1. The van der Waals surface area contributed by atoms with Crippen LogP contribution in [-0.2, 0) is 9.53 Å². The molecule has 0 saturated carbocycles. The molecule has 3 heteroatoms. The first kappa shape index (κ1) is 12.4. The predicted octanol–water partition coefficient (Wildman–Crippen LogP) is 1.74. The molecule has 0 aliphatic heterocycles. The Morgan fingerprint density at radius 2 is 2.00 bits per heavy atom. The third-order valence-electron chi connectivity index (χ3n) is 1.66. The lowest BCUT2D eigenvalue weighted by molar-refractivity contribution is -0.144. The molecule has 78 valence electrons. The quantitative estimate of drug-likeness (QED) is 0.668. The predicted molar refractivity (Wildman–Crippen MR) is 51.4 cm³/mol. The average molecular weight is 188 g/mol. The van der Waals surface area contributed by atoms with Gasteiger partial charge in [-0.2, -0.15) is 0 Å². The van der Waals surface area contributed by atoms with Crippen LogP contribution < -0.4 is 0 Å². The first-order chi connectivity index (χ1) is 5.95. The molecular formula is C10H20O3. The molecule has 0 saturated heterocycles. The molecule has 1 N–H and O–H groups in total. The molecule has 0 radical (unpaired) electrons. The van der Waals surface area contributed by atoms with Crippen molar-refractivity contribution in [3.63, 3.8) is 0 Å². The Kier molecular flexibility index (Phi) is 5.71. The Bertz CT molecular complexity index is 147. The van der Waals surface area contributed by atoms with Gasteiger partial charge in [-0.1, -0.05) is 20.8 Å². The minimum absolute atomic E-state index is 0.0923. The van der Waals surface area contributed by atoms with E-state index in [1.54, 1.807) is 0 Å². The molecule has 0 aromatic rings. The van der Waals surface area contributed by atoms with Gasteiger partial charge in [0.2, 0.25) is 0 Å². The molecule has 0 bridgehead atoms. The van der Waals surface area contributed by atoms with Crippen LogP contribution in [0.1, 0.15) is 40.0 Å². The van der Waals surface area contributed by atoms with Crippen LogP contribution >= 0.6 is 0 Å². The molecule has 0 amide bonds. The second-order valence-corrected chi connectivity index (χ2v) is 4.36. The number of aliphatic hydroxyl groups is 1. The number of ether oxygens (including phenoxy) is 1. The van der Waals surface area contributed by atoms with E-state index in [0.717, 1.165) is 12.8 Å². The van der Waals surface area contributed by atoms with Gasteiger partial charge in [0.1, 0.15) is 6.61 Å². The molecule has 0 fully saturated rings. The summed E-state index contributed by atoms with van der Waals surface area (Å²) in [7, 11) is 0. The number of carbonyl (C=O) groups excluding carboxylic acids is 1. The molecule has 0 aromatic carbocycles. The van der Waals surface area contributed by atoms with Gasteiger partial charge in [-0.15, -0.1) is 0 Å². The second-order valence-electron chi connectivity index (χ2n) is 4.36. The van der Waals surface area contributed by atoms with E-state index in [1.807, 2.05) is 0 Å². The summed E-state index contributed by atoms with van der Waals surface area (Å²) >= 11 is 0. The second kappa shape index (κ2) is 5.97. The fourth-order valence-electron chi connectivity index (χ4n) is 0.995. The van der Waals surface area contributed by atoms with Crippen molar-refractivity contribution in [2.75, 3.05) is 13.2 Å². The van der Waals surface area contributed by atoms with Gasteiger partial charge in [0, 0.05) is 6.42 Å². The molecule has 0 aliphatic rings. The summed E-state index contributed by atoms with van der Waals surface area (Å²) in [5, 5.41) is 8.39. The van der Waals surface area contributed by atoms with E-state index < -0.39 is 0 Å². The number of esters is 1. The summed E-state index contributed by atoms with van der Waals surface area (Å²) in [6.07, 6.45) is 2.33. The zero-order valence-corrected chi connectivity index (χ0v) is 8.80. The van der Waals surface area contributed by atoms with Gasteiger partial charge in [0.25, 0.3) is 0 Å². The van der Waals surface area contributed by atoms with Crippen molar-refractivity contribution < 1.29 is 14.6 Å². The van der Waals surface area contributed by atoms with Gasteiger partial charge in [-0.3, -0.25) is 4.79 Å². The molecule has 0 aromatic heterocycles. The lowest BCUT2D eigenvalue weighted by Crippen LogP contribution is -2.10. The largest absolute Gasteiger partial charge is 0.463 e. The molecule has 0 rings (SSSR count). The van der Waals surface area contributed by atoms with Crippen LogP contribution in [0.3, 0.4) is 0 Å². The van der Waals surface area contributed by atoms with Crippen molar-refractivity contribution in [3.05, 3.63) is 0 Å². The van der Waals surface area contributed by atoms with Crippen molar-refractivity contribution in [2.45, 2.75) is 40.0 Å². The minimum Gasteiger partial charge on any atom is -0.463 e. The Morgan fingerprint density at radius 1 is 1.38 bits per heavy atom. The highest BCUT2D eigenvalue weighted by Crippen LogP contribution is 2.21. The third-order valence-corrected chi connectivity index (χ3v) is 1.66. The highest BCUT2D eigenvalue weighted by atomic mass is 16.5. The van der Waals surface area contributed by atoms with Gasteiger partial charge in [-0.25, -0.2) is 0 Å². The summed E-state index contributed by atoms with van der Waals surface area (Å²) in [5.74, 6) is -0.210. The normalized spacial score (nSPS) is 11.4. The van der Waals surface area contributed by atoms with Crippen molar-refractivity contribution in [2.24, 2.45) is 5.41 Å². The zero-order valence-electron chi connectivity index (χ0n) is 8.80. The van der Waals surface area contributed by atoms with Crippen LogP contribution in [0.25, 0.3) is 0 Å².